The molecule has 1 aliphatic carbocycles. The number of carbonyl (C=O) groups excluding carboxylic acids is 1. The lowest BCUT2D eigenvalue weighted by Gasteiger charge is -2.26. The Hall–Kier alpha value is -2.71. The molecule has 0 spiro atoms. The summed E-state index contributed by atoms with van der Waals surface area (Å²) < 4.78 is 16.2. The van der Waals surface area contributed by atoms with Gasteiger partial charge in [-0.2, -0.15) is 0 Å². The van der Waals surface area contributed by atoms with Crippen molar-refractivity contribution in [1.82, 2.24) is 15.5 Å². The molecule has 0 radical (unpaired) electrons. The number of alkyl carbamates (subject to hydrolysis) is 1. The Morgan fingerprint density at radius 2 is 2.06 bits per heavy atom. The average Bonchev–Trinajstić information content (AvgIpc) is 3.08. The minimum atomic E-state index is -0.512. The van der Waals surface area contributed by atoms with Crippen LogP contribution in [-0.2, 0) is 22.3 Å². The molecule has 1 N–H and O–H groups in total. The molecule has 1 atom stereocenters. The van der Waals surface area contributed by atoms with Gasteiger partial charge < -0.3 is 19.5 Å². The van der Waals surface area contributed by atoms with E-state index < -0.39 is 5.60 Å². The normalized spacial score (nSPS) is 16.1. The van der Waals surface area contributed by atoms with Gasteiger partial charge in [0, 0.05) is 29.0 Å². The zero-order valence-corrected chi connectivity index (χ0v) is 19.0. The number of aryl methyl sites for hydroxylation is 1. The first-order valence-electron chi connectivity index (χ1n) is 10.3. The van der Waals surface area contributed by atoms with Gasteiger partial charge in [-0.25, -0.2) is 4.79 Å². The van der Waals surface area contributed by atoms with Crippen LogP contribution in [0.15, 0.2) is 30.3 Å². The van der Waals surface area contributed by atoms with Crippen molar-refractivity contribution in [1.29, 1.82) is 0 Å². The van der Waals surface area contributed by atoms with E-state index in [0.717, 1.165) is 40.7 Å². The molecule has 0 unspecified atom stereocenters. The maximum absolute atomic E-state index is 12.2. The number of ether oxygens (including phenoxy) is 3. The average molecular weight is 442 g/mol. The molecular formula is C23H27N3O4S. The molecule has 31 heavy (non-hydrogen) atoms. The molecule has 1 amide bonds. The van der Waals surface area contributed by atoms with E-state index in [-0.39, 0.29) is 18.9 Å². The number of carbonyl (C=O) groups is 1. The zero-order valence-electron chi connectivity index (χ0n) is 18.2. The Labute approximate surface area is 185 Å². The molecule has 0 saturated carbocycles. The van der Waals surface area contributed by atoms with Crippen LogP contribution >= 0.6 is 11.3 Å². The number of thiophene rings is 1. The lowest BCUT2D eigenvalue weighted by molar-refractivity contribution is 0.0499. The Morgan fingerprint density at radius 1 is 1.26 bits per heavy atom. The van der Waals surface area contributed by atoms with E-state index in [1.165, 1.54) is 10.4 Å². The molecule has 8 heteroatoms. The molecule has 1 aliphatic rings. The summed E-state index contributed by atoms with van der Waals surface area (Å²) in [6.45, 7) is 5.77. The van der Waals surface area contributed by atoms with Gasteiger partial charge in [-0.1, -0.05) is 12.1 Å². The zero-order chi connectivity index (χ0) is 22.0. The number of para-hydroxylation sites is 1. The number of aromatic nitrogens is 2. The summed E-state index contributed by atoms with van der Waals surface area (Å²) in [7, 11) is 1.59. The summed E-state index contributed by atoms with van der Waals surface area (Å²) in [5.74, 6) is 0.701. The van der Waals surface area contributed by atoms with Crippen LogP contribution in [0.25, 0.3) is 21.5 Å². The lowest BCUT2D eigenvalue weighted by Crippen LogP contribution is -2.41. The number of nitrogens with zero attached hydrogens (tertiary/aromatic N) is 2. The fourth-order valence-corrected chi connectivity index (χ4v) is 4.88. The first kappa shape index (κ1) is 21.5. The smallest absolute Gasteiger partial charge is 0.407 e. The molecule has 2 aromatic heterocycles. The predicted molar refractivity (Wildman–Crippen MR) is 121 cm³/mol. The Bertz CT molecular complexity index is 1090. The highest BCUT2D eigenvalue weighted by Crippen LogP contribution is 2.38. The molecule has 164 valence electrons. The van der Waals surface area contributed by atoms with Crippen molar-refractivity contribution in [3.8, 4) is 17.0 Å². The second kappa shape index (κ2) is 8.80. The van der Waals surface area contributed by atoms with Gasteiger partial charge in [-0.15, -0.1) is 21.5 Å². The summed E-state index contributed by atoms with van der Waals surface area (Å²) in [5, 5.41) is 13.0. The number of rotatable bonds is 5. The molecule has 7 nitrogen and oxygen atoms in total. The molecule has 0 aliphatic heterocycles. The van der Waals surface area contributed by atoms with Crippen LogP contribution in [0.1, 0.15) is 37.6 Å². The Morgan fingerprint density at radius 3 is 2.84 bits per heavy atom. The number of nitrogens with one attached hydrogen (secondary N) is 1. The predicted octanol–water partition coefficient (Wildman–Crippen LogP) is 4.72. The Kier molecular flexibility index (Phi) is 6.11. The summed E-state index contributed by atoms with van der Waals surface area (Å²) >= 11 is 1.68. The van der Waals surface area contributed by atoms with Gasteiger partial charge in [-0.3, -0.25) is 0 Å². The SMILES string of the molecule is COCOc1ccccc1-c1cc2c3c(sc2nn1)CC[C@H](NC(=O)OC(C)(C)C)C3. The van der Waals surface area contributed by atoms with Crippen LogP contribution in [0.5, 0.6) is 5.75 Å². The van der Waals surface area contributed by atoms with Crippen molar-refractivity contribution >= 4 is 27.6 Å². The van der Waals surface area contributed by atoms with Crippen LogP contribution in [0, 0.1) is 0 Å². The number of benzene rings is 1. The van der Waals surface area contributed by atoms with Crippen molar-refractivity contribution < 1.29 is 19.0 Å². The summed E-state index contributed by atoms with van der Waals surface area (Å²) in [6, 6.07) is 9.83. The van der Waals surface area contributed by atoms with E-state index in [1.807, 2.05) is 45.0 Å². The van der Waals surface area contributed by atoms with Crippen molar-refractivity contribution in [2.75, 3.05) is 13.9 Å². The van der Waals surface area contributed by atoms with Gasteiger partial charge in [0.1, 0.15) is 16.2 Å². The molecule has 0 bridgehead atoms. The first-order valence-corrected chi connectivity index (χ1v) is 11.1. The van der Waals surface area contributed by atoms with Crippen molar-refractivity contribution in [2.24, 2.45) is 0 Å². The van der Waals surface area contributed by atoms with E-state index in [1.54, 1.807) is 18.4 Å². The molecule has 0 fully saturated rings. The minimum Gasteiger partial charge on any atom is -0.467 e. The largest absolute Gasteiger partial charge is 0.467 e. The van der Waals surface area contributed by atoms with Gasteiger partial charge in [0.15, 0.2) is 6.79 Å². The topological polar surface area (TPSA) is 82.6 Å². The lowest BCUT2D eigenvalue weighted by atomic mass is 9.92. The number of methoxy groups -OCH3 is 1. The van der Waals surface area contributed by atoms with Crippen molar-refractivity contribution in [3.05, 3.63) is 40.8 Å². The van der Waals surface area contributed by atoms with E-state index in [4.69, 9.17) is 14.2 Å². The third-order valence-electron chi connectivity index (χ3n) is 5.03. The molecule has 3 aromatic rings. The van der Waals surface area contributed by atoms with Gasteiger partial charge in [0.25, 0.3) is 0 Å². The third-order valence-corrected chi connectivity index (χ3v) is 6.22. The highest BCUT2D eigenvalue weighted by atomic mass is 32.1. The molecule has 4 rings (SSSR count). The van der Waals surface area contributed by atoms with Crippen LogP contribution in [-0.4, -0.2) is 41.8 Å². The standard InChI is InChI=1S/C23H27N3O4S/c1-23(2,3)30-22(27)24-14-9-10-20-16(11-14)17-12-18(25-26-21(17)31-20)15-7-5-6-8-19(15)29-13-28-4/h5-8,12,14H,9-11,13H2,1-4H3,(H,24,27)/t14-/m0/s1. The van der Waals surface area contributed by atoms with Crippen molar-refractivity contribution in [3.63, 3.8) is 0 Å². The van der Waals surface area contributed by atoms with Gasteiger partial charge in [0.2, 0.25) is 0 Å². The summed E-state index contributed by atoms with van der Waals surface area (Å²) in [4.78, 5) is 14.5. The highest BCUT2D eigenvalue weighted by Gasteiger charge is 2.27. The molecule has 0 saturated heterocycles. The van der Waals surface area contributed by atoms with Crippen LogP contribution in [0.2, 0.25) is 0 Å². The van der Waals surface area contributed by atoms with Gasteiger partial charge in [0.05, 0.1) is 5.69 Å². The molecule has 2 heterocycles. The fourth-order valence-electron chi connectivity index (χ4n) is 3.74. The third kappa shape index (κ3) is 4.97. The Balaban J connectivity index is 1.61. The summed E-state index contributed by atoms with van der Waals surface area (Å²) in [5.41, 5.74) is 2.34. The fraction of sp³-hybridized carbons (Fsp3) is 0.435. The quantitative estimate of drug-likeness (QED) is 0.577. The summed E-state index contributed by atoms with van der Waals surface area (Å²) in [6.07, 6.45) is 2.17. The second-order valence-electron chi connectivity index (χ2n) is 8.59. The number of fused-ring (bicyclic) bond motifs is 3. The second-order valence-corrected chi connectivity index (χ2v) is 9.67. The van der Waals surface area contributed by atoms with E-state index in [2.05, 4.69) is 21.6 Å². The van der Waals surface area contributed by atoms with E-state index in [0.29, 0.717) is 5.75 Å². The van der Waals surface area contributed by atoms with Crippen LogP contribution in [0.3, 0.4) is 0 Å². The number of amides is 1. The molecule has 1 aromatic carbocycles. The van der Waals surface area contributed by atoms with E-state index in [9.17, 15) is 4.79 Å². The van der Waals surface area contributed by atoms with E-state index >= 15 is 0 Å². The minimum absolute atomic E-state index is 0.0362. The molecular weight excluding hydrogens is 414 g/mol. The highest BCUT2D eigenvalue weighted by molar-refractivity contribution is 7.18. The maximum atomic E-state index is 12.2. The van der Waals surface area contributed by atoms with Crippen LogP contribution in [0.4, 0.5) is 4.79 Å². The number of hydrogen-bond donors (Lipinski definition) is 1. The first-order chi connectivity index (χ1) is 14.8. The van der Waals surface area contributed by atoms with Gasteiger partial charge >= 0.3 is 6.09 Å². The van der Waals surface area contributed by atoms with Crippen LogP contribution < -0.4 is 10.1 Å². The van der Waals surface area contributed by atoms with Gasteiger partial charge in [-0.05, 0) is 63.8 Å². The monoisotopic (exact) mass is 441 g/mol. The maximum Gasteiger partial charge on any atom is 0.407 e. The number of hydrogen-bond acceptors (Lipinski definition) is 7. The van der Waals surface area contributed by atoms with Crippen molar-refractivity contribution in [2.45, 2.75) is 51.7 Å².